The Morgan fingerprint density at radius 1 is 1.13 bits per heavy atom. The molecular formula is C20H20N4O6. The second kappa shape index (κ2) is 7.47. The first-order valence-corrected chi connectivity index (χ1v) is 9.33. The molecule has 4 rings (SSSR count). The molecule has 10 nitrogen and oxygen atoms in total. The lowest BCUT2D eigenvalue weighted by atomic mass is 10.1. The highest BCUT2D eigenvalue weighted by Gasteiger charge is 2.31. The molecule has 1 atom stereocenters. The zero-order valence-corrected chi connectivity index (χ0v) is 16.1. The van der Waals surface area contributed by atoms with Crippen LogP contribution in [0.1, 0.15) is 6.92 Å². The molecule has 10 heteroatoms. The number of hydrogen-bond acceptors (Lipinski definition) is 7. The molecule has 2 aromatic carbocycles. The molecule has 1 aromatic heterocycles. The van der Waals surface area contributed by atoms with E-state index in [0.717, 1.165) is 5.69 Å². The number of carbonyl (C=O) groups excluding carboxylic acids is 2. The largest absolute Gasteiger partial charge is 0.504 e. The van der Waals surface area contributed by atoms with Gasteiger partial charge in [0.25, 0.3) is 0 Å². The van der Waals surface area contributed by atoms with Crippen molar-refractivity contribution in [1.82, 2.24) is 9.88 Å². The summed E-state index contributed by atoms with van der Waals surface area (Å²) in [6, 6.07) is 8.91. The van der Waals surface area contributed by atoms with Gasteiger partial charge in [-0.1, -0.05) is 0 Å². The summed E-state index contributed by atoms with van der Waals surface area (Å²) in [5, 5.41) is 21.7. The van der Waals surface area contributed by atoms with Gasteiger partial charge >= 0.3 is 17.6 Å². The summed E-state index contributed by atoms with van der Waals surface area (Å²) in [5.41, 5.74) is 1.84. The fraction of sp³-hybridized carbons (Fsp3) is 0.250. The summed E-state index contributed by atoms with van der Waals surface area (Å²) in [5.74, 6) is -2.46. The van der Waals surface area contributed by atoms with Crippen LogP contribution in [-0.4, -0.2) is 57.6 Å². The van der Waals surface area contributed by atoms with Gasteiger partial charge in [0.15, 0.2) is 17.1 Å². The number of aromatic amines is 1. The van der Waals surface area contributed by atoms with E-state index in [0.29, 0.717) is 30.8 Å². The number of aromatic nitrogens is 1. The molecule has 2 heterocycles. The number of benzene rings is 2. The Hall–Kier alpha value is -3.95. The molecular weight excluding hydrogens is 392 g/mol. The van der Waals surface area contributed by atoms with Crippen molar-refractivity contribution in [3.05, 3.63) is 46.9 Å². The Balaban J connectivity index is 1.42. The zero-order chi connectivity index (χ0) is 21.4. The van der Waals surface area contributed by atoms with Crippen LogP contribution < -0.4 is 16.0 Å². The molecule has 0 unspecified atom stereocenters. The molecule has 1 aliphatic heterocycles. The molecule has 30 heavy (non-hydrogen) atoms. The smallest absolute Gasteiger partial charge is 0.417 e. The van der Waals surface area contributed by atoms with E-state index in [1.54, 1.807) is 18.2 Å². The normalized spacial score (nSPS) is 16.6. The van der Waals surface area contributed by atoms with Crippen LogP contribution >= 0.6 is 0 Å². The van der Waals surface area contributed by atoms with Crippen LogP contribution in [0.4, 0.5) is 11.4 Å². The summed E-state index contributed by atoms with van der Waals surface area (Å²) < 4.78 is 4.96. The van der Waals surface area contributed by atoms with Crippen LogP contribution in [0.5, 0.6) is 11.5 Å². The maximum Gasteiger partial charge on any atom is 0.417 e. The number of hydrogen-bond donors (Lipinski definition) is 4. The van der Waals surface area contributed by atoms with Crippen LogP contribution in [0.3, 0.4) is 0 Å². The minimum atomic E-state index is -0.783. The second-order valence-electron chi connectivity index (χ2n) is 7.15. The van der Waals surface area contributed by atoms with Gasteiger partial charge in [-0.3, -0.25) is 14.6 Å². The van der Waals surface area contributed by atoms with Crippen LogP contribution in [-0.2, 0) is 9.59 Å². The third-order valence-electron chi connectivity index (χ3n) is 5.09. The van der Waals surface area contributed by atoms with Gasteiger partial charge in [0, 0.05) is 49.2 Å². The van der Waals surface area contributed by atoms with E-state index in [1.807, 2.05) is 11.8 Å². The number of oxazole rings is 1. The number of aromatic hydroxyl groups is 2. The number of phenols is 2. The summed E-state index contributed by atoms with van der Waals surface area (Å²) in [7, 11) is 0. The van der Waals surface area contributed by atoms with Crippen molar-refractivity contribution in [2.75, 3.05) is 29.9 Å². The van der Waals surface area contributed by atoms with Crippen molar-refractivity contribution in [2.45, 2.75) is 13.0 Å². The van der Waals surface area contributed by atoms with Crippen molar-refractivity contribution in [2.24, 2.45) is 0 Å². The zero-order valence-electron chi connectivity index (χ0n) is 16.1. The van der Waals surface area contributed by atoms with Gasteiger partial charge < -0.3 is 29.7 Å². The van der Waals surface area contributed by atoms with Gasteiger partial charge in [0.1, 0.15) is 0 Å². The standard InChI is InChI=1S/C20H20N4O6/c1-11-10-23(13-3-5-15(25)16(26)9-13)6-7-24(11)19(28)18(27)21-12-2-4-14-17(8-12)30-20(29)22-14/h2-5,8-9,11,25-26H,6-7,10H2,1H3,(H,21,27)(H,22,29)/t11-/m1/s1. The molecule has 1 saturated heterocycles. The van der Waals surface area contributed by atoms with Crippen molar-refractivity contribution >= 4 is 34.3 Å². The number of fused-ring (bicyclic) bond motifs is 1. The van der Waals surface area contributed by atoms with Gasteiger partial charge in [0.05, 0.1) is 5.52 Å². The summed E-state index contributed by atoms with van der Waals surface area (Å²) >= 11 is 0. The van der Waals surface area contributed by atoms with Crippen LogP contribution in [0, 0.1) is 0 Å². The maximum absolute atomic E-state index is 12.7. The molecule has 2 amide bonds. The third kappa shape index (κ3) is 3.66. The van der Waals surface area contributed by atoms with Gasteiger partial charge in [0.2, 0.25) is 0 Å². The first-order valence-electron chi connectivity index (χ1n) is 9.33. The Labute approximate surface area is 170 Å². The highest BCUT2D eigenvalue weighted by Crippen LogP contribution is 2.30. The Bertz CT molecular complexity index is 1180. The minimum absolute atomic E-state index is 0.200. The van der Waals surface area contributed by atoms with E-state index >= 15 is 0 Å². The SMILES string of the molecule is C[C@@H]1CN(c2ccc(O)c(O)c2)CCN1C(=O)C(=O)Nc1ccc2[nH]c(=O)oc2c1. The average molecular weight is 412 g/mol. The van der Waals surface area contributed by atoms with E-state index < -0.39 is 17.6 Å². The number of phenolic OH excluding ortho intramolecular Hbond substituents is 2. The number of rotatable bonds is 2. The molecule has 0 aliphatic carbocycles. The number of amides is 2. The van der Waals surface area contributed by atoms with E-state index in [2.05, 4.69) is 10.3 Å². The van der Waals surface area contributed by atoms with Gasteiger partial charge in [-0.2, -0.15) is 0 Å². The predicted octanol–water partition coefficient (Wildman–Crippen LogP) is 1.21. The topological polar surface area (TPSA) is 139 Å². The van der Waals surface area contributed by atoms with E-state index in [-0.39, 0.29) is 23.1 Å². The fourth-order valence-corrected chi connectivity index (χ4v) is 3.54. The fourth-order valence-electron chi connectivity index (χ4n) is 3.54. The molecule has 4 N–H and O–H groups in total. The maximum atomic E-state index is 12.7. The average Bonchev–Trinajstić information content (AvgIpc) is 3.08. The number of nitrogens with one attached hydrogen (secondary N) is 2. The molecule has 1 aliphatic rings. The van der Waals surface area contributed by atoms with Crippen molar-refractivity contribution in [3.63, 3.8) is 0 Å². The Kier molecular flexibility index (Phi) is 4.82. The number of carbonyl (C=O) groups is 2. The lowest BCUT2D eigenvalue weighted by Crippen LogP contribution is -2.56. The molecule has 156 valence electrons. The van der Waals surface area contributed by atoms with E-state index in [9.17, 15) is 24.6 Å². The van der Waals surface area contributed by atoms with Crippen molar-refractivity contribution < 1.29 is 24.2 Å². The molecule has 1 fully saturated rings. The highest BCUT2D eigenvalue weighted by molar-refractivity contribution is 6.39. The number of H-pyrrole nitrogens is 1. The molecule has 0 bridgehead atoms. The van der Waals surface area contributed by atoms with Gasteiger partial charge in [-0.25, -0.2) is 4.79 Å². The number of piperazine rings is 1. The van der Waals surface area contributed by atoms with Crippen LogP contribution in [0.15, 0.2) is 45.6 Å². The first-order chi connectivity index (χ1) is 14.3. The van der Waals surface area contributed by atoms with Crippen molar-refractivity contribution in [3.8, 4) is 11.5 Å². The highest BCUT2D eigenvalue weighted by atomic mass is 16.4. The molecule has 0 radical (unpaired) electrons. The monoisotopic (exact) mass is 412 g/mol. The van der Waals surface area contributed by atoms with Crippen LogP contribution in [0.25, 0.3) is 11.1 Å². The van der Waals surface area contributed by atoms with Gasteiger partial charge in [-0.05, 0) is 31.2 Å². The lowest BCUT2D eigenvalue weighted by molar-refractivity contribution is -0.144. The van der Waals surface area contributed by atoms with Crippen LogP contribution in [0.2, 0.25) is 0 Å². The van der Waals surface area contributed by atoms with Gasteiger partial charge in [-0.15, -0.1) is 0 Å². The Morgan fingerprint density at radius 2 is 1.93 bits per heavy atom. The summed E-state index contributed by atoms with van der Waals surface area (Å²) in [4.78, 5) is 42.3. The minimum Gasteiger partial charge on any atom is -0.504 e. The third-order valence-corrected chi connectivity index (χ3v) is 5.09. The second-order valence-corrected chi connectivity index (χ2v) is 7.15. The van der Waals surface area contributed by atoms with Crippen molar-refractivity contribution in [1.29, 1.82) is 0 Å². The van der Waals surface area contributed by atoms with E-state index in [4.69, 9.17) is 4.42 Å². The number of nitrogens with zero attached hydrogens (tertiary/aromatic N) is 2. The quantitative estimate of drug-likeness (QED) is 0.366. The predicted molar refractivity (Wildman–Crippen MR) is 109 cm³/mol. The molecule has 3 aromatic rings. The summed E-state index contributed by atoms with van der Waals surface area (Å²) in [6.07, 6.45) is 0. The molecule has 0 spiro atoms. The summed E-state index contributed by atoms with van der Waals surface area (Å²) in [6.45, 7) is 3.08. The first kappa shape index (κ1) is 19.4. The van der Waals surface area contributed by atoms with E-state index in [1.165, 1.54) is 23.1 Å². The Morgan fingerprint density at radius 3 is 2.67 bits per heavy atom. The number of anilines is 2. The lowest BCUT2D eigenvalue weighted by Gasteiger charge is -2.40. The molecule has 0 saturated carbocycles.